The first-order chi connectivity index (χ1) is 18.8. The summed E-state index contributed by atoms with van der Waals surface area (Å²) in [7, 11) is 0. The SMILES string of the molecule is CCCCCCN(C(=O)C(CC(C)C)NC(=O)OC(C)(C)C)C(C(=O)NCCC(=O)OCC)c1ccc(O)cc1. The summed E-state index contributed by atoms with van der Waals surface area (Å²) in [6.45, 7) is 13.5. The lowest BCUT2D eigenvalue weighted by Crippen LogP contribution is -2.53. The van der Waals surface area contributed by atoms with Crippen molar-refractivity contribution in [3.8, 4) is 5.75 Å². The van der Waals surface area contributed by atoms with Crippen LogP contribution in [0.15, 0.2) is 24.3 Å². The van der Waals surface area contributed by atoms with Crippen molar-refractivity contribution in [2.75, 3.05) is 19.7 Å². The van der Waals surface area contributed by atoms with Crippen molar-refractivity contribution in [2.24, 2.45) is 5.92 Å². The molecule has 0 fully saturated rings. The van der Waals surface area contributed by atoms with E-state index in [4.69, 9.17) is 9.47 Å². The van der Waals surface area contributed by atoms with Gasteiger partial charge in [-0.2, -0.15) is 0 Å². The minimum Gasteiger partial charge on any atom is -0.508 e. The molecule has 0 aliphatic rings. The van der Waals surface area contributed by atoms with Crippen molar-refractivity contribution in [2.45, 2.75) is 105 Å². The number of amides is 3. The van der Waals surface area contributed by atoms with Crippen LogP contribution in [-0.2, 0) is 23.9 Å². The molecule has 1 aromatic carbocycles. The van der Waals surface area contributed by atoms with Crippen molar-refractivity contribution in [1.29, 1.82) is 0 Å². The number of aromatic hydroxyl groups is 1. The third-order valence-corrected chi connectivity index (χ3v) is 5.93. The molecule has 0 bridgehead atoms. The molecule has 10 heteroatoms. The van der Waals surface area contributed by atoms with Crippen LogP contribution in [0.3, 0.4) is 0 Å². The Kier molecular flexibility index (Phi) is 15.1. The maximum atomic E-state index is 14.1. The number of alkyl carbamates (subject to hydrolysis) is 1. The minimum absolute atomic E-state index is 0.0114. The summed E-state index contributed by atoms with van der Waals surface area (Å²) in [5.74, 6) is -1.23. The van der Waals surface area contributed by atoms with Gasteiger partial charge < -0.3 is 30.1 Å². The van der Waals surface area contributed by atoms with Crippen molar-refractivity contribution < 1.29 is 33.8 Å². The Balaban J connectivity index is 3.41. The number of carbonyl (C=O) groups excluding carboxylic acids is 4. The Labute approximate surface area is 239 Å². The van der Waals surface area contributed by atoms with Crippen molar-refractivity contribution in [1.82, 2.24) is 15.5 Å². The molecule has 0 aliphatic carbocycles. The first-order valence-corrected chi connectivity index (χ1v) is 14.3. The highest BCUT2D eigenvalue weighted by Crippen LogP contribution is 2.26. The van der Waals surface area contributed by atoms with Gasteiger partial charge in [0.1, 0.15) is 23.4 Å². The number of benzene rings is 1. The summed E-state index contributed by atoms with van der Waals surface area (Å²) in [5, 5.41) is 15.4. The first kappa shape index (κ1) is 34.7. The molecule has 0 aliphatic heterocycles. The average molecular weight is 564 g/mol. The van der Waals surface area contributed by atoms with E-state index >= 15 is 0 Å². The van der Waals surface area contributed by atoms with E-state index in [0.29, 0.717) is 18.4 Å². The zero-order valence-corrected chi connectivity index (χ0v) is 25.2. The number of unbranched alkanes of at least 4 members (excludes halogenated alkanes) is 3. The molecule has 0 spiro atoms. The van der Waals surface area contributed by atoms with Gasteiger partial charge in [0.2, 0.25) is 11.8 Å². The van der Waals surface area contributed by atoms with Gasteiger partial charge in [0.05, 0.1) is 13.0 Å². The second kappa shape index (κ2) is 17.4. The Morgan fingerprint density at radius 2 is 1.65 bits per heavy atom. The number of nitrogens with one attached hydrogen (secondary N) is 2. The lowest BCUT2D eigenvalue weighted by atomic mass is 9.98. The number of hydrogen-bond acceptors (Lipinski definition) is 7. The van der Waals surface area contributed by atoms with Crippen LogP contribution in [0.2, 0.25) is 0 Å². The van der Waals surface area contributed by atoms with Gasteiger partial charge in [-0.05, 0) is 64.2 Å². The van der Waals surface area contributed by atoms with E-state index in [1.54, 1.807) is 39.8 Å². The third-order valence-electron chi connectivity index (χ3n) is 5.93. The summed E-state index contributed by atoms with van der Waals surface area (Å²) in [6, 6.07) is 4.13. The molecule has 10 nitrogen and oxygen atoms in total. The second-order valence-corrected chi connectivity index (χ2v) is 11.3. The molecule has 1 rings (SSSR count). The Bertz CT molecular complexity index is 942. The molecule has 40 heavy (non-hydrogen) atoms. The van der Waals surface area contributed by atoms with Gasteiger partial charge in [-0.3, -0.25) is 14.4 Å². The quantitative estimate of drug-likeness (QED) is 0.193. The Morgan fingerprint density at radius 1 is 1.00 bits per heavy atom. The van der Waals surface area contributed by atoms with E-state index in [-0.39, 0.29) is 37.8 Å². The predicted molar refractivity (Wildman–Crippen MR) is 154 cm³/mol. The molecule has 3 N–H and O–H groups in total. The summed E-state index contributed by atoms with van der Waals surface area (Å²) in [5.41, 5.74) is -0.251. The smallest absolute Gasteiger partial charge is 0.408 e. The fourth-order valence-electron chi connectivity index (χ4n) is 4.17. The number of hydrogen-bond donors (Lipinski definition) is 3. The van der Waals surface area contributed by atoms with Gasteiger partial charge >= 0.3 is 12.1 Å². The number of phenols is 1. The van der Waals surface area contributed by atoms with E-state index in [2.05, 4.69) is 17.6 Å². The summed E-state index contributed by atoms with van der Waals surface area (Å²) >= 11 is 0. The molecule has 0 saturated carbocycles. The van der Waals surface area contributed by atoms with E-state index in [0.717, 1.165) is 19.3 Å². The number of rotatable bonds is 16. The second-order valence-electron chi connectivity index (χ2n) is 11.3. The van der Waals surface area contributed by atoms with Gasteiger partial charge in [0.15, 0.2) is 0 Å². The number of phenolic OH excluding ortho intramolecular Hbond substituents is 1. The first-order valence-electron chi connectivity index (χ1n) is 14.3. The van der Waals surface area contributed by atoms with Gasteiger partial charge in [-0.15, -0.1) is 0 Å². The maximum Gasteiger partial charge on any atom is 0.408 e. The molecule has 2 unspecified atom stereocenters. The number of nitrogens with zero attached hydrogens (tertiary/aromatic N) is 1. The summed E-state index contributed by atoms with van der Waals surface area (Å²) < 4.78 is 10.4. The molecule has 0 aromatic heterocycles. The topological polar surface area (TPSA) is 134 Å². The van der Waals surface area contributed by atoms with Crippen LogP contribution in [0.4, 0.5) is 4.79 Å². The highest BCUT2D eigenvalue weighted by molar-refractivity contribution is 5.92. The molecule has 1 aromatic rings. The monoisotopic (exact) mass is 563 g/mol. The van der Waals surface area contributed by atoms with E-state index in [1.165, 1.54) is 17.0 Å². The molecular weight excluding hydrogens is 514 g/mol. The Morgan fingerprint density at radius 3 is 2.20 bits per heavy atom. The fraction of sp³-hybridized carbons (Fsp3) is 0.667. The minimum atomic E-state index is -1.05. The highest BCUT2D eigenvalue weighted by Gasteiger charge is 2.36. The molecule has 226 valence electrons. The van der Waals surface area contributed by atoms with Crippen LogP contribution in [0.5, 0.6) is 5.75 Å². The lowest BCUT2D eigenvalue weighted by Gasteiger charge is -2.35. The molecule has 0 radical (unpaired) electrons. The standard InChI is InChI=1S/C30H49N3O7/c1-8-10-11-12-19-33(28(37)24(20-21(3)4)32-29(38)40-30(5,6)7)26(22-13-15-23(34)16-14-22)27(36)31-18-17-25(35)39-9-2/h13-16,21,24,26,34H,8-12,17-20H2,1-7H3,(H,31,36)(H,32,38). The zero-order chi connectivity index (χ0) is 30.3. The van der Waals surface area contributed by atoms with Crippen LogP contribution in [0, 0.1) is 5.92 Å². The van der Waals surface area contributed by atoms with Crippen LogP contribution < -0.4 is 10.6 Å². The van der Waals surface area contributed by atoms with Gasteiger partial charge in [0, 0.05) is 13.1 Å². The number of carbonyl (C=O) groups is 4. The van der Waals surface area contributed by atoms with Gasteiger partial charge in [-0.1, -0.05) is 52.2 Å². The lowest BCUT2D eigenvalue weighted by molar-refractivity contribution is -0.144. The van der Waals surface area contributed by atoms with E-state index in [9.17, 15) is 24.3 Å². The highest BCUT2D eigenvalue weighted by atomic mass is 16.6. The molecule has 0 heterocycles. The normalized spacial score (nSPS) is 12.8. The van der Waals surface area contributed by atoms with Crippen LogP contribution >= 0.6 is 0 Å². The fourth-order valence-corrected chi connectivity index (χ4v) is 4.17. The van der Waals surface area contributed by atoms with Crippen molar-refractivity contribution >= 4 is 23.9 Å². The molecule has 0 saturated heterocycles. The van der Waals surface area contributed by atoms with Gasteiger partial charge in [-0.25, -0.2) is 4.79 Å². The maximum absolute atomic E-state index is 14.1. The summed E-state index contributed by atoms with van der Waals surface area (Å²) in [6.07, 6.45) is 3.12. The van der Waals surface area contributed by atoms with Crippen molar-refractivity contribution in [3.05, 3.63) is 29.8 Å². The van der Waals surface area contributed by atoms with Crippen LogP contribution in [0.25, 0.3) is 0 Å². The van der Waals surface area contributed by atoms with Gasteiger partial charge in [0.25, 0.3) is 0 Å². The Hall–Kier alpha value is -3.30. The van der Waals surface area contributed by atoms with Crippen molar-refractivity contribution in [3.63, 3.8) is 0 Å². The summed E-state index contributed by atoms with van der Waals surface area (Å²) in [4.78, 5) is 53.8. The van der Waals surface area contributed by atoms with E-state index in [1.807, 2.05) is 13.8 Å². The number of esters is 1. The third kappa shape index (κ3) is 13.2. The molecule has 3 amide bonds. The predicted octanol–water partition coefficient (Wildman–Crippen LogP) is 4.85. The largest absolute Gasteiger partial charge is 0.508 e. The number of ether oxygens (including phenoxy) is 2. The van der Waals surface area contributed by atoms with Crippen LogP contribution in [-0.4, -0.2) is 65.2 Å². The van der Waals surface area contributed by atoms with Crippen LogP contribution in [0.1, 0.15) is 98.6 Å². The molecule has 2 atom stereocenters. The average Bonchev–Trinajstić information content (AvgIpc) is 2.84. The molecular formula is C30H49N3O7. The zero-order valence-electron chi connectivity index (χ0n) is 25.2. The van der Waals surface area contributed by atoms with E-state index < -0.39 is 41.6 Å².